The summed E-state index contributed by atoms with van der Waals surface area (Å²) in [4.78, 5) is 0. The van der Waals surface area contributed by atoms with Gasteiger partial charge in [0.1, 0.15) is 11.5 Å². The van der Waals surface area contributed by atoms with E-state index in [0.717, 1.165) is 34.3 Å². The van der Waals surface area contributed by atoms with Crippen molar-refractivity contribution in [2.75, 3.05) is 0 Å². The smallest absolute Gasteiger partial charge is 0.116 e. The van der Waals surface area contributed by atoms with E-state index in [1.165, 1.54) is 5.56 Å². The first-order valence-corrected chi connectivity index (χ1v) is 8.28. The molecule has 3 nitrogen and oxygen atoms in total. The summed E-state index contributed by atoms with van der Waals surface area (Å²) in [5, 5.41) is 20.8. The normalized spacial score (nSPS) is 11.1. The van der Waals surface area contributed by atoms with Crippen LogP contribution in [0.2, 0.25) is 0 Å². The number of aromatic nitrogens is 1. The maximum absolute atomic E-state index is 9.92. The van der Waals surface area contributed by atoms with Gasteiger partial charge in [-0.25, -0.2) is 0 Å². The fourth-order valence-electron chi connectivity index (χ4n) is 3.47. The van der Waals surface area contributed by atoms with Crippen LogP contribution in [0.5, 0.6) is 11.5 Å². The van der Waals surface area contributed by atoms with Crippen molar-refractivity contribution in [1.82, 2.24) is 4.57 Å². The quantitative estimate of drug-likeness (QED) is 0.551. The highest BCUT2D eigenvalue weighted by Crippen LogP contribution is 2.36. The van der Waals surface area contributed by atoms with Gasteiger partial charge < -0.3 is 14.8 Å². The lowest BCUT2D eigenvalue weighted by Gasteiger charge is -2.12. The lowest BCUT2D eigenvalue weighted by molar-refractivity contribution is 0.475. The molecular weight excluding hydrogens is 310 g/mol. The third kappa shape index (κ3) is 2.74. The Balaban J connectivity index is 1.99. The Morgan fingerprint density at radius 3 is 2.32 bits per heavy atom. The van der Waals surface area contributed by atoms with Gasteiger partial charge in [-0.1, -0.05) is 42.5 Å². The Kier molecular flexibility index (Phi) is 3.69. The molecule has 0 saturated heterocycles. The summed E-state index contributed by atoms with van der Waals surface area (Å²) in [5.41, 5.74) is 5.38. The minimum Gasteiger partial charge on any atom is -0.508 e. The number of hydrogen-bond donors (Lipinski definition) is 2. The molecule has 0 aliphatic rings. The molecule has 0 saturated carbocycles. The number of aromatic hydroxyl groups is 2. The average molecular weight is 329 g/mol. The monoisotopic (exact) mass is 329 g/mol. The number of phenols is 2. The molecule has 1 aromatic heterocycles. The average Bonchev–Trinajstić information content (AvgIpc) is 2.87. The highest BCUT2D eigenvalue weighted by atomic mass is 16.3. The number of fused-ring (bicyclic) bond motifs is 1. The number of benzene rings is 3. The minimum atomic E-state index is 0.247. The van der Waals surface area contributed by atoms with Crippen LogP contribution < -0.4 is 0 Å². The summed E-state index contributed by atoms with van der Waals surface area (Å²) in [5.74, 6) is 0.506. The van der Waals surface area contributed by atoms with Crippen molar-refractivity contribution in [2.45, 2.75) is 13.5 Å². The SMILES string of the molecule is Cc1c(-c2cccc(O)c2)n(Cc2ccccc2)c2ccc(O)cc12. The van der Waals surface area contributed by atoms with E-state index in [4.69, 9.17) is 0 Å². The van der Waals surface area contributed by atoms with Gasteiger partial charge in [0.05, 0.1) is 5.69 Å². The van der Waals surface area contributed by atoms with Gasteiger partial charge >= 0.3 is 0 Å². The molecule has 0 unspecified atom stereocenters. The Bertz CT molecular complexity index is 1050. The molecule has 0 spiro atoms. The topological polar surface area (TPSA) is 45.4 Å². The van der Waals surface area contributed by atoms with Crippen molar-refractivity contribution in [3.8, 4) is 22.8 Å². The van der Waals surface area contributed by atoms with Gasteiger partial charge in [0.25, 0.3) is 0 Å². The largest absolute Gasteiger partial charge is 0.508 e. The zero-order chi connectivity index (χ0) is 17.4. The van der Waals surface area contributed by atoms with Crippen molar-refractivity contribution in [3.63, 3.8) is 0 Å². The maximum atomic E-state index is 9.92. The summed E-state index contributed by atoms with van der Waals surface area (Å²) in [7, 11) is 0. The second-order valence-electron chi connectivity index (χ2n) is 6.30. The Morgan fingerprint density at radius 2 is 1.56 bits per heavy atom. The van der Waals surface area contributed by atoms with Crippen molar-refractivity contribution in [3.05, 3.63) is 83.9 Å². The standard InChI is InChI=1S/C22H19NO2/c1-15-20-13-19(25)10-11-21(20)23(14-16-6-3-2-4-7-16)22(15)17-8-5-9-18(24)12-17/h2-13,24-25H,14H2,1H3. The van der Waals surface area contributed by atoms with Crippen LogP contribution in [0.1, 0.15) is 11.1 Å². The van der Waals surface area contributed by atoms with Crippen LogP contribution in [0.4, 0.5) is 0 Å². The molecule has 2 N–H and O–H groups in total. The minimum absolute atomic E-state index is 0.247. The zero-order valence-electron chi connectivity index (χ0n) is 14.0. The third-order valence-electron chi connectivity index (χ3n) is 4.60. The molecule has 0 aliphatic heterocycles. The second kappa shape index (κ2) is 6.02. The van der Waals surface area contributed by atoms with Gasteiger partial charge in [0.2, 0.25) is 0 Å². The van der Waals surface area contributed by atoms with Crippen molar-refractivity contribution >= 4 is 10.9 Å². The van der Waals surface area contributed by atoms with Gasteiger partial charge in [0.15, 0.2) is 0 Å². The number of aryl methyl sites for hydroxylation is 1. The van der Waals surface area contributed by atoms with E-state index < -0.39 is 0 Å². The van der Waals surface area contributed by atoms with E-state index >= 15 is 0 Å². The summed E-state index contributed by atoms with van der Waals surface area (Å²) in [6.45, 7) is 2.78. The van der Waals surface area contributed by atoms with Crippen LogP contribution >= 0.6 is 0 Å². The van der Waals surface area contributed by atoms with Crippen LogP contribution in [0.25, 0.3) is 22.2 Å². The maximum Gasteiger partial charge on any atom is 0.116 e. The van der Waals surface area contributed by atoms with E-state index in [9.17, 15) is 10.2 Å². The van der Waals surface area contributed by atoms with E-state index in [2.05, 4.69) is 23.6 Å². The van der Waals surface area contributed by atoms with Crippen LogP contribution in [0, 0.1) is 6.92 Å². The number of hydrogen-bond acceptors (Lipinski definition) is 2. The Morgan fingerprint density at radius 1 is 0.800 bits per heavy atom. The predicted octanol–water partition coefficient (Wildman–Crippen LogP) is 5.08. The van der Waals surface area contributed by atoms with Crippen LogP contribution in [-0.4, -0.2) is 14.8 Å². The highest BCUT2D eigenvalue weighted by molar-refractivity contribution is 5.92. The van der Waals surface area contributed by atoms with Gasteiger partial charge in [-0.05, 0) is 48.4 Å². The van der Waals surface area contributed by atoms with Crippen molar-refractivity contribution < 1.29 is 10.2 Å². The third-order valence-corrected chi connectivity index (χ3v) is 4.60. The van der Waals surface area contributed by atoms with E-state index in [1.54, 1.807) is 24.3 Å². The molecule has 1 heterocycles. The second-order valence-corrected chi connectivity index (χ2v) is 6.30. The Labute approximate surface area is 146 Å². The molecule has 0 amide bonds. The first-order valence-electron chi connectivity index (χ1n) is 8.28. The molecule has 4 aromatic rings. The molecular formula is C22H19NO2. The summed E-state index contributed by atoms with van der Waals surface area (Å²) < 4.78 is 2.24. The summed E-state index contributed by atoms with van der Waals surface area (Å²) >= 11 is 0. The molecule has 3 aromatic carbocycles. The predicted molar refractivity (Wildman–Crippen MR) is 101 cm³/mol. The van der Waals surface area contributed by atoms with Gasteiger partial charge in [-0.15, -0.1) is 0 Å². The van der Waals surface area contributed by atoms with Crippen LogP contribution in [-0.2, 0) is 6.54 Å². The molecule has 4 rings (SSSR count). The molecule has 124 valence electrons. The molecule has 0 fully saturated rings. The number of rotatable bonds is 3. The number of phenolic OH excluding ortho intramolecular Hbond substituents is 2. The lowest BCUT2D eigenvalue weighted by atomic mass is 10.1. The molecule has 0 bridgehead atoms. The van der Waals surface area contributed by atoms with E-state index in [-0.39, 0.29) is 11.5 Å². The molecule has 25 heavy (non-hydrogen) atoms. The van der Waals surface area contributed by atoms with E-state index in [0.29, 0.717) is 0 Å². The molecule has 0 radical (unpaired) electrons. The fourth-order valence-corrected chi connectivity index (χ4v) is 3.47. The molecule has 0 atom stereocenters. The van der Waals surface area contributed by atoms with Crippen molar-refractivity contribution in [2.24, 2.45) is 0 Å². The first kappa shape index (κ1) is 15.3. The van der Waals surface area contributed by atoms with Gasteiger partial charge in [-0.3, -0.25) is 0 Å². The van der Waals surface area contributed by atoms with Crippen LogP contribution in [0.15, 0.2) is 72.8 Å². The van der Waals surface area contributed by atoms with Gasteiger partial charge in [-0.2, -0.15) is 0 Å². The fraction of sp³-hybridized carbons (Fsp3) is 0.0909. The highest BCUT2D eigenvalue weighted by Gasteiger charge is 2.17. The summed E-state index contributed by atoms with van der Waals surface area (Å²) in [6.07, 6.45) is 0. The van der Waals surface area contributed by atoms with Crippen LogP contribution in [0.3, 0.4) is 0 Å². The Hall–Kier alpha value is -3.20. The molecule has 3 heteroatoms. The zero-order valence-corrected chi connectivity index (χ0v) is 14.0. The number of nitrogens with zero attached hydrogens (tertiary/aromatic N) is 1. The van der Waals surface area contributed by atoms with Gasteiger partial charge in [0, 0.05) is 23.0 Å². The van der Waals surface area contributed by atoms with E-state index in [1.807, 2.05) is 36.4 Å². The first-order chi connectivity index (χ1) is 12.1. The lowest BCUT2D eigenvalue weighted by Crippen LogP contribution is -2.02. The van der Waals surface area contributed by atoms with Crippen molar-refractivity contribution in [1.29, 1.82) is 0 Å². The summed E-state index contributed by atoms with van der Waals surface area (Å²) in [6, 6.07) is 23.1. The molecule has 0 aliphatic carbocycles.